The molecular weight excluding hydrogens is 534 g/mol. The van der Waals surface area contributed by atoms with Crippen molar-refractivity contribution in [1.82, 2.24) is 15.5 Å². The Morgan fingerprint density at radius 1 is 0.950 bits per heavy atom. The number of hydrogen-bond acceptors (Lipinski definition) is 12. The van der Waals surface area contributed by atoms with E-state index in [0.717, 1.165) is 27.9 Å². The summed E-state index contributed by atoms with van der Waals surface area (Å²) in [5.41, 5.74) is 0. The van der Waals surface area contributed by atoms with Gasteiger partial charge in [-0.05, 0) is 12.5 Å². The molecule has 0 aromatic heterocycles. The molecule has 0 bridgehead atoms. The van der Waals surface area contributed by atoms with Gasteiger partial charge in [0, 0.05) is 41.7 Å². The molecule has 0 saturated carbocycles. The van der Waals surface area contributed by atoms with Crippen molar-refractivity contribution in [1.29, 1.82) is 0 Å². The lowest BCUT2D eigenvalue weighted by Gasteiger charge is -2.42. The van der Waals surface area contributed by atoms with Crippen LogP contribution >= 0.6 is 0 Å². The molecule has 0 saturated heterocycles. The molecule has 0 radical (unpaired) electrons. The van der Waals surface area contributed by atoms with Crippen LogP contribution < -0.4 is 10.6 Å². The third-order valence-electron chi connectivity index (χ3n) is 5.81. The van der Waals surface area contributed by atoms with Crippen LogP contribution in [0.5, 0.6) is 0 Å². The molecule has 224 valence electrons. The van der Waals surface area contributed by atoms with Crippen LogP contribution in [0.1, 0.15) is 48.0 Å². The Morgan fingerprint density at radius 3 is 2.00 bits per heavy atom. The highest BCUT2D eigenvalue weighted by Gasteiger charge is 2.48. The highest BCUT2D eigenvalue weighted by Crippen LogP contribution is 2.27. The van der Waals surface area contributed by atoms with Gasteiger partial charge in [0.05, 0.1) is 19.2 Å². The highest BCUT2D eigenvalue weighted by molar-refractivity contribution is 5.89. The zero-order valence-corrected chi connectivity index (χ0v) is 23.8. The summed E-state index contributed by atoms with van der Waals surface area (Å²) in [6.07, 6.45) is -3.07. The smallest absolute Gasteiger partial charge is 0.373 e. The molecule has 1 aliphatic heterocycles. The van der Waals surface area contributed by atoms with Gasteiger partial charge in [-0.1, -0.05) is 6.92 Å². The predicted molar refractivity (Wildman–Crippen MR) is 135 cm³/mol. The summed E-state index contributed by atoms with van der Waals surface area (Å²) in [7, 11) is 2.52. The summed E-state index contributed by atoms with van der Waals surface area (Å²) in [4.78, 5) is 86.7. The fourth-order valence-electron chi connectivity index (χ4n) is 4.03. The van der Waals surface area contributed by atoms with Crippen molar-refractivity contribution in [3.05, 3.63) is 11.8 Å². The molecule has 15 nitrogen and oxygen atoms in total. The highest BCUT2D eigenvalue weighted by atomic mass is 16.6. The molecule has 1 aliphatic rings. The van der Waals surface area contributed by atoms with Crippen molar-refractivity contribution < 1.29 is 57.2 Å². The maximum atomic E-state index is 13.3. The molecular formula is C25H37N3O12. The molecule has 0 aromatic rings. The minimum atomic E-state index is -1.56. The summed E-state index contributed by atoms with van der Waals surface area (Å²) >= 11 is 0. The molecule has 0 aliphatic carbocycles. The van der Waals surface area contributed by atoms with Gasteiger partial charge in [0.15, 0.2) is 18.3 Å². The van der Waals surface area contributed by atoms with Gasteiger partial charge in [-0.3, -0.25) is 28.8 Å². The minimum absolute atomic E-state index is 0.236. The Balaban J connectivity index is 3.71. The Kier molecular flexibility index (Phi) is 13.1. The van der Waals surface area contributed by atoms with E-state index < -0.39 is 84.5 Å². The molecule has 1 unspecified atom stereocenters. The van der Waals surface area contributed by atoms with E-state index in [4.69, 9.17) is 23.7 Å². The van der Waals surface area contributed by atoms with Gasteiger partial charge in [-0.15, -0.1) is 0 Å². The molecule has 1 heterocycles. The average Bonchev–Trinajstić information content (AvgIpc) is 2.85. The molecule has 1 rings (SSSR count). The van der Waals surface area contributed by atoms with E-state index in [9.17, 15) is 33.6 Å². The number of esters is 4. The van der Waals surface area contributed by atoms with Gasteiger partial charge in [0.25, 0.3) is 0 Å². The van der Waals surface area contributed by atoms with Crippen LogP contribution in [0.15, 0.2) is 11.8 Å². The third kappa shape index (κ3) is 9.85. The summed E-state index contributed by atoms with van der Waals surface area (Å²) in [6.45, 7) is 6.81. The molecule has 40 heavy (non-hydrogen) atoms. The lowest BCUT2D eigenvalue weighted by atomic mass is 9.91. The zero-order chi connectivity index (χ0) is 30.7. The van der Waals surface area contributed by atoms with Crippen molar-refractivity contribution in [3.8, 4) is 0 Å². The molecule has 15 heteroatoms. The quantitative estimate of drug-likeness (QED) is 0.217. The molecule has 0 aromatic carbocycles. The van der Waals surface area contributed by atoms with Crippen molar-refractivity contribution in [2.24, 2.45) is 0 Å². The number of methoxy groups -OCH3 is 1. The van der Waals surface area contributed by atoms with Crippen LogP contribution in [0.25, 0.3) is 0 Å². The monoisotopic (exact) mass is 571 g/mol. The summed E-state index contributed by atoms with van der Waals surface area (Å²) in [6, 6.07) is -3.31. The van der Waals surface area contributed by atoms with Gasteiger partial charge < -0.3 is 39.2 Å². The summed E-state index contributed by atoms with van der Waals surface area (Å²) < 4.78 is 26.3. The number of nitrogens with zero attached hydrogens (tertiary/aromatic N) is 1. The maximum Gasteiger partial charge on any atom is 0.373 e. The number of carbonyl (C=O) groups is 7. The van der Waals surface area contributed by atoms with Crippen molar-refractivity contribution in [3.63, 3.8) is 0 Å². The van der Waals surface area contributed by atoms with Crippen LogP contribution in [0.3, 0.4) is 0 Å². The van der Waals surface area contributed by atoms with Gasteiger partial charge in [0.1, 0.15) is 12.6 Å². The third-order valence-corrected chi connectivity index (χ3v) is 5.81. The van der Waals surface area contributed by atoms with Gasteiger partial charge in [-0.2, -0.15) is 0 Å². The Bertz CT molecular complexity index is 1030. The van der Waals surface area contributed by atoms with Crippen LogP contribution in [-0.4, -0.2) is 104 Å². The molecule has 6 atom stereocenters. The fraction of sp³-hybridized carbons (Fsp3) is 0.640. The maximum absolute atomic E-state index is 13.3. The topological polar surface area (TPSA) is 193 Å². The predicted octanol–water partition coefficient (Wildman–Crippen LogP) is -0.885. The first-order valence-corrected chi connectivity index (χ1v) is 12.4. The van der Waals surface area contributed by atoms with Crippen LogP contribution in [0.2, 0.25) is 0 Å². The van der Waals surface area contributed by atoms with Crippen LogP contribution in [-0.2, 0) is 57.2 Å². The van der Waals surface area contributed by atoms with Crippen molar-refractivity contribution in [2.45, 2.75) is 84.4 Å². The van der Waals surface area contributed by atoms with Gasteiger partial charge in [-0.25, -0.2) is 4.79 Å². The lowest BCUT2D eigenvalue weighted by molar-refractivity contribution is -0.188. The molecule has 3 amide bonds. The molecule has 0 spiro atoms. The van der Waals surface area contributed by atoms with Gasteiger partial charge >= 0.3 is 23.9 Å². The SMILES string of the molecule is CCC(C(=O)N[C@H]1C=C(C(=O)OC)O[C@H]([C@@H](OC(C)=O)[C@@H](COC(C)=O)OC(C)=O)[C@@H]1NC(C)=O)N(C)C(C)=O. The number of carbonyl (C=O) groups excluding carboxylic acids is 7. The standard InChI is InChI=1S/C25H37N3O12/c1-9-18(28(7)13(3)30)24(34)27-17-10-19(25(35)36-8)40-23(21(17)26-12(2)29)22(39-16(6)33)20(38-15(5)32)11-37-14(4)31/h10,17-18,20-23H,9,11H2,1-8H3,(H,26,29)(H,27,34)/t17-,18?,20+,21+,22-,23-/m0/s1. The Labute approximate surface area is 231 Å². The van der Waals surface area contributed by atoms with Crippen LogP contribution in [0, 0.1) is 0 Å². The van der Waals surface area contributed by atoms with Gasteiger partial charge in [0.2, 0.25) is 23.5 Å². The second-order valence-corrected chi connectivity index (χ2v) is 8.94. The van der Waals surface area contributed by atoms with E-state index in [-0.39, 0.29) is 12.3 Å². The first-order valence-electron chi connectivity index (χ1n) is 12.4. The average molecular weight is 572 g/mol. The number of hydrogen-bond donors (Lipinski definition) is 2. The van der Waals surface area contributed by atoms with E-state index >= 15 is 0 Å². The number of nitrogens with one attached hydrogen (secondary N) is 2. The molecule has 2 N–H and O–H groups in total. The normalized spacial score (nSPS) is 20.2. The van der Waals surface area contributed by atoms with Crippen molar-refractivity contribution in [2.75, 3.05) is 20.8 Å². The Hall–Kier alpha value is -4.17. The number of likely N-dealkylation sites (N-methyl/N-ethyl adjacent to an activating group) is 1. The second kappa shape index (κ2) is 15.4. The van der Waals surface area contributed by atoms with E-state index in [0.29, 0.717) is 0 Å². The zero-order valence-electron chi connectivity index (χ0n) is 23.8. The van der Waals surface area contributed by atoms with Crippen LogP contribution in [0.4, 0.5) is 0 Å². The molecule has 0 fully saturated rings. The largest absolute Gasteiger partial charge is 0.477 e. The summed E-state index contributed by atoms with van der Waals surface area (Å²) in [5.74, 6) is -5.40. The van der Waals surface area contributed by atoms with E-state index in [1.807, 2.05) is 0 Å². The first kappa shape index (κ1) is 33.9. The van der Waals surface area contributed by atoms with E-state index in [1.54, 1.807) is 6.92 Å². The Morgan fingerprint density at radius 2 is 1.55 bits per heavy atom. The number of rotatable bonds is 12. The number of amides is 3. The minimum Gasteiger partial charge on any atom is -0.477 e. The van der Waals surface area contributed by atoms with E-state index in [2.05, 4.69) is 10.6 Å². The first-order chi connectivity index (χ1) is 18.6. The lowest BCUT2D eigenvalue weighted by Crippen LogP contribution is -2.65. The van der Waals surface area contributed by atoms with Crippen molar-refractivity contribution >= 4 is 41.6 Å². The number of ether oxygens (including phenoxy) is 5. The van der Waals surface area contributed by atoms with E-state index in [1.165, 1.54) is 31.9 Å². The second-order valence-electron chi connectivity index (χ2n) is 8.94. The summed E-state index contributed by atoms with van der Waals surface area (Å²) in [5, 5.41) is 5.30. The fourth-order valence-corrected chi connectivity index (χ4v) is 4.03.